The number of nitrogens with zero attached hydrogens (tertiary/aromatic N) is 2. The molecule has 1 amide bonds. The van der Waals surface area contributed by atoms with E-state index in [0.29, 0.717) is 24.3 Å². The lowest BCUT2D eigenvalue weighted by Crippen LogP contribution is -2.32. The van der Waals surface area contributed by atoms with Gasteiger partial charge in [-0.25, -0.2) is 9.78 Å². The molecule has 1 aliphatic rings. The largest absolute Gasteiger partial charge is 0.427 e. The molecule has 2 N–H and O–H groups in total. The van der Waals surface area contributed by atoms with Crippen LogP contribution >= 0.6 is 24.8 Å². The number of fused-ring (bicyclic) bond motifs is 1. The SMILES string of the molecule is Cc1cc(C2CCCNC2)oc(=O)c1C(=O)NCCc1nc2ccccc2n1C.Cl.Cl. The first-order valence-corrected chi connectivity index (χ1v) is 10.1. The van der Waals surface area contributed by atoms with Crippen LogP contribution in [0.2, 0.25) is 0 Å². The summed E-state index contributed by atoms with van der Waals surface area (Å²) in [5, 5.41) is 6.15. The molecule has 3 aromatic rings. The molecule has 31 heavy (non-hydrogen) atoms. The van der Waals surface area contributed by atoms with Gasteiger partial charge < -0.3 is 19.6 Å². The van der Waals surface area contributed by atoms with E-state index in [1.807, 2.05) is 41.9 Å². The summed E-state index contributed by atoms with van der Waals surface area (Å²) in [6.07, 6.45) is 2.62. The van der Waals surface area contributed by atoms with E-state index in [-0.39, 0.29) is 36.3 Å². The molecule has 0 aliphatic carbocycles. The molecule has 7 nitrogen and oxygen atoms in total. The Bertz CT molecular complexity index is 1100. The molecule has 0 saturated carbocycles. The Labute approximate surface area is 193 Å². The molecule has 1 fully saturated rings. The summed E-state index contributed by atoms with van der Waals surface area (Å²) in [5.74, 6) is 1.33. The highest BCUT2D eigenvalue weighted by Gasteiger charge is 2.22. The zero-order valence-electron chi connectivity index (χ0n) is 17.6. The van der Waals surface area contributed by atoms with Crippen LogP contribution in [0, 0.1) is 6.92 Å². The van der Waals surface area contributed by atoms with Gasteiger partial charge in [-0.2, -0.15) is 0 Å². The molecule has 1 atom stereocenters. The highest BCUT2D eigenvalue weighted by molar-refractivity contribution is 5.95. The van der Waals surface area contributed by atoms with Crippen LogP contribution in [0.4, 0.5) is 0 Å². The summed E-state index contributed by atoms with van der Waals surface area (Å²) in [6, 6.07) is 9.75. The predicted molar refractivity (Wildman–Crippen MR) is 126 cm³/mol. The fourth-order valence-corrected chi connectivity index (χ4v) is 4.00. The Morgan fingerprint density at radius 2 is 2.10 bits per heavy atom. The molecule has 4 rings (SSSR count). The third kappa shape index (κ3) is 5.29. The minimum Gasteiger partial charge on any atom is -0.427 e. The van der Waals surface area contributed by atoms with Gasteiger partial charge in [0.05, 0.1) is 11.0 Å². The minimum atomic E-state index is -0.564. The quantitative estimate of drug-likeness (QED) is 0.602. The van der Waals surface area contributed by atoms with Crippen molar-refractivity contribution in [3.8, 4) is 0 Å². The van der Waals surface area contributed by atoms with Crippen molar-refractivity contribution in [2.75, 3.05) is 19.6 Å². The number of para-hydroxylation sites is 2. The molecule has 0 bridgehead atoms. The molecule has 0 spiro atoms. The molecule has 1 saturated heterocycles. The van der Waals surface area contributed by atoms with E-state index in [9.17, 15) is 9.59 Å². The van der Waals surface area contributed by atoms with Crippen LogP contribution in [-0.2, 0) is 13.5 Å². The lowest BCUT2D eigenvalue weighted by molar-refractivity contribution is 0.0948. The van der Waals surface area contributed by atoms with Gasteiger partial charge in [-0.1, -0.05) is 12.1 Å². The number of piperidine rings is 1. The number of carbonyl (C=O) groups excluding carboxylic acids is 1. The van der Waals surface area contributed by atoms with Crippen LogP contribution in [0.3, 0.4) is 0 Å². The number of aryl methyl sites for hydroxylation is 2. The van der Waals surface area contributed by atoms with E-state index in [1.54, 1.807) is 6.92 Å². The summed E-state index contributed by atoms with van der Waals surface area (Å²) in [7, 11) is 1.96. The molecule has 2 aromatic heterocycles. The van der Waals surface area contributed by atoms with E-state index in [1.165, 1.54) is 0 Å². The van der Waals surface area contributed by atoms with Crippen molar-refractivity contribution >= 4 is 41.8 Å². The van der Waals surface area contributed by atoms with Crippen LogP contribution in [0.5, 0.6) is 0 Å². The average Bonchev–Trinajstić information content (AvgIpc) is 3.04. The number of benzene rings is 1. The lowest BCUT2D eigenvalue weighted by atomic mass is 9.95. The van der Waals surface area contributed by atoms with Gasteiger partial charge in [0.2, 0.25) is 0 Å². The zero-order chi connectivity index (χ0) is 20.4. The van der Waals surface area contributed by atoms with Gasteiger partial charge >= 0.3 is 5.63 Å². The second-order valence-electron chi connectivity index (χ2n) is 7.62. The smallest absolute Gasteiger partial charge is 0.349 e. The number of hydrogen-bond donors (Lipinski definition) is 2. The minimum absolute atomic E-state index is 0. The molecule has 1 unspecified atom stereocenters. The van der Waals surface area contributed by atoms with Crippen LogP contribution < -0.4 is 16.3 Å². The van der Waals surface area contributed by atoms with Crippen LogP contribution in [0.1, 0.15) is 46.3 Å². The number of aromatic nitrogens is 2. The van der Waals surface area contributed by atoms with E-state index < -0.39 is 11.5 Å². The standard InChI is InChI=1S/C22H26N4O3.2ClH/c1-14-12-18(15-6-5-10-23-13-15)29-22(28)20(14)21(27)24-11-9-19-25-16-7-3-4-8-17(16)26(19)2;;/h3-4,7-8,12,15,23H,5-6,9-11,13H2,1-2H3,(H,24,27);2*1H. The first-order chi connectivity index (χ1) is 14.0. The molecule has 1 aromatic carbocycles. The fourth-order valence-electron chi connectivity index (χ4n) is 4.00. The molecule has 168 valence electrons. The Morgan fingerprint density at radius 3 is 2.77 bits per heavy atom. The normalized spacial score (nSPS) is 15.7. The predicted octanol–water partition coefficient (Wildman–Crippen LogP) is 3.12. The number of hydrogen-bond acceptors (Lipinski definition) is 5. The first-order valence-electron chi connectivity index (χ1n) is 10.1. The maximum atomic E-state index is 12.6. The van der Waals surface area contributed by atoms with Crippen molar-refractivity contribution in [2.45, 2.75) is 32.1 Å². The van der Waals surface area contributed by atoms with Gasteiger partial charge in [0.25, 0.3) is 5.91 Å². The zero-order valence-corrected chi connectivity index (χ0v) is 19.3. The average molecular weight is 467 g/mol. The molecule has 0 radical (unpaired) electrons. The molecule has 9 heteroatoms. The topological polar surface area (TPSA) is 89.2 Å². The van der Waals surface area contributed by atoms with Gasteiger partial charge in [0, 0.05) is 32.5 Å². The Balaban J connectivity index is 0.00000171. The highest BCUT2D eigenvalue weighted by atomic mass is 35.5. The third-order valence-electron chi connectivity index (χ3n) is 5.61. The molecular weight excluding hydrogens is 439 g/mol. The third-order valence-corrected chi connectivity index (χ3v) is 5.61. The highest BCUT2D eigenvalue weighted by Crippen LogP contribution is 2.23. The van der Waals surface area contributed by atoms with Gasteiger partial charge in [-0.15, -0.1) is 24.8 Å². The summed E-state index contributed by atoms with van der Waals surface area (Å²) >= 11 is 0. The van der Waals surface area contributed by atoms with Crippen LogP contribution in [0.25, 0.3) is 11.0 Å². The number of carbonyl (C=O) groups is 1. The second-order valence-corrected chi connectivity index (χ2v) is 7.62. The number of amides is 1. The van der Waals surface area contributed by atoms with E-state index in [2.05, 4.69) is 15.6 Å². The summed E-state index contributed by atoms with van der Waals surface area (Å²) in [5.41, 5.74) is 2.16. The number of rotatable bonds is 5. The Hall–Kier alpha value is -2.35. The monoisotopic (exact) mass is 466 g/mol. The van der Waals surface area contributed by atoms with E-state index >= 15 is 0 Å². The van der Waals surface area contributed by atoms with Crippen molar-refractivity contribution in [1.82, 2.24) is 20.2 Å². The Morgan fingerprint density at radius 1 is 1.32 bits per heavy atom. The number of halogens is 2. The maximum Gasteiger partial charge on any atom is 0.349 e. The second kappa shape index (κ2) is 10.8. The summed E-state index contributed by atoms with van der Waals surface area (Å²) in [6.45, 7) is 3.97. The first kappa shape index (κ1) is 24.9. The summed E-state index contributed by atoms with van der Waals surface area (Å²) < 4.78 is 7.52. The van der Waals surface area contributed by atoms with Gasteiger partial charge in [-0.05, 0) is 50.1 Å². The van der Waals surface area contributed by atoms with Crippen molar-refractivity contribution in [3.05, 3.63) is 63.5 Å². The van der Waals surface area contributed by atoms with E-state index in [4.69, 9.17) is 4.42 Å². The van der Waals surface area contributed by atoms with Crippen molar-refractivity contribution in [2.24, 2.45) is 7.05 Å². The Kier molecular flexibility index (Phi) is 8.68. The fraction of sp³-hybridized carbons (Fsp3) is 0.409. The molecule has 1 aliphatic heterocycles. The van der Waals surface area contributed by atoms with Crippen LogP contribution in [0.15, 0.2) is 39.5 Å². The molecular formula is C22H28Cl2N4O3. The van der Waals surface area contributed by atoms with E-state index in [0.717, 1.165) is 42.8 Å². The number of nitrogens with one attached hydrogen (secondary N) is 2. The lowest BCUT2D eigenvalue weighted by Gasteiger charge is -2.22. The van der Waals surface area contributed by atoms with Gasteiger partial charge in [-0.3, -0.25) is 4.79 Å². The van der Waals surface area contributed by atoms with Crippen molar-refractivity contribution in [1.29, 1.82) is 0 Å². The van der Waals surface area contributed by atoms with Crippen molar-refractivity contribution in [3.63, 3.8) is 0 Å². The molecule has 3 heterocycles. The van der Waals surface area contributed by atoms with Gasteiger partial charge in [0.15, 0.2) is 0 Å². The van der Waals surface area contributed by atoms with Crippen LogP contribution in [-0.4, -0.2) is 35.1 Å². The maximum absolute atomic E-state index is 12.6. The van der Waals surface area contributed by atoms with Crippen molar-refractivity contribution < 1.29 is 9.21 Å². The number of imidazole rings is 1. The van der Waals surface area contributed by atoms with Gasteiger partial charge in [0.1, 0.15) is 17.1 Å². The summed E-state index contributed by atoms with van der Waals surface area (Å²) in [4.78, 5) is 29.7.